The lowest BCUT2D eigenvalue weighted by Crippen LogP contribution is -2.36. The first-order valence-corrected chi connectivity index (χ1v) is 7.09. The van der Waals surface area contributed by atoms with Crippen LogP contribution in [0.1, 0.15) is 53.4 Å². The maximum absolute atomic E-state index is 6.09. The zero-order valence-electron chi connectivity index (χ0n) is 11.0. The summed E-state index contributed by atoms with van der Waals surface area (Å²) in [6.45, 7) is 9.93. The van der Waals surface area contributed by atoms with Gasteiger partial charge in [0, 0.05) is 0 Å². The molecule has 3 saturated carbocycles. The molecule has 0 unspecified atom stereocenters. The summed E-state index contributed by atoms with van der Waals surface area (Å²) in [5.41, 5.74) is 1.44. The lowest BCUT2D eigenvalue weighted by molar-refractivity contribution is 0.0866. The second kappa shape index (κ2) is 2.39. The average molecular weight is 220 g/mol. The Morgan fingerprint density at radius 3 is 2.50 bits per heavy atom. The quantitative estimate of drug-likeness (QED) is 0.568. The fraction of sp³-hybridized carbons (Fsp3) is 1.00. The Morgan fingerprint density at radius 1 is 1.00 bits per heavy atom. The Kier molecular flexibility index (Phi) is 1.48. The van der Waals surface area contributed by atoms with Crippen molar-refractivity contribution in [2.45, 2.75) is 65.1 Å². The normalized spacial score (nSPS) is 65.2. The van der Waals surface area contributed by atoms with Gasteiger partial charge in [-0.05, 0) is 61.2 Å². The highest BCUT2D eigenvalue weighted by Crippen LogP contribution is 2.77. The summed E-state index contributed by atoms with van der Waals surface area (Å²) in [6.07, 6.45) is 6.38. The van der Waals surface area contributed by atoms with Crippen LogP contribution in [-0.2, 0) is 4.74 Å². The first-order chi connectivity index (χ1) is 7.41. The molecule has 2 bridgehead atoms. The molecule has 4 rings (SSSR count). The van der Waals surface area contributed by atoms with E-state index >= 15 is 0 Å². The van der Waals surface area contributed by atoms with Gasteiger partial charge in [0.2, 0.25) is 0 Å². The summed E-state index contributed by atoms with van der Waals surface area (Å²) < 4.78 is 6.09. The molecule has 6 atom stereocenters. The topological polar surface area (TPSA) is 12.5 Å². The molecule has 0 aromatic heterocycles. The Balaban J connectivity index is 1.85. The maximum Gasteiger partial charge on any atom is 0.0954 e. The van der Waals surface area contributed by atoms with Crippen molar-refractivity contribution in [2.75, 3.05) is 0 Å². The zero-order chi connectivity index (χ0) is 11.3. The van der Waals surface area contributed by atoms with Crippen LogP contribution >= 0.6 is 0 Å². The molecule has 3 aliphatic carbocycles. The molecule has 1 nitrogen and oxygen atoms in total. The van der Waals surface area contributed by atoms with E-state index in [1.165, 1.54) is 25.7 Å². The van der Waals surface area contributed by atoms with Gasteiger partial charge in [0.15, 0.2) is 0 Å². The molecule has 90 valence electrons. The van der Waals surface area contributed by atoms with Crippen molar-refractivity contribution in [1.82, 2.24) is 0 Å². The summed E-state index contributed by atoms with van der Waals surface area (Å²) in [6, 6.07) is 0. The minimum Gasteiger partial charge on any atom is -0.366 e. The van der Waals surface area contributed by atoms with Crippen LogP contribution in [0.5, 0.6) is 0 Å². The van der Waals surface area contributed by atoms with Crippen LogP contribution in [-0.4, -0.2) is 11.7 Å². The van der Waals surface area contributed by atoms with Gasteiger partial charge in [0.25, 0.3) is 0 Å². The molecule has 1 heterocycles. The van der Waals surface area contributed by atoms with Gasteiger partial charge < -0.3 is 4.74 Å². The standard InChI is InChI=1S/C15H24O/c1-9-5-6-10-13(2,3)11-7-15(9,10)8-12-14(11,4)16-12/h9-12H,5-8H2,1-4H3/t9-,10+,11-,12+,14+,15-/m1/s1. The molecule has 1 spiro atoms. The number of hydrogen-bond donors (Lipinski definition) is 0. The van der Waals surface area contributed by atoms with Gasteiger partial charge in [0.1, 0.15) is 0 Å². The van der Waals surface area contributed by atoms with Crippen LogP contribution in [0.25, 0.3) is 0 Å². The van der Waals surface area contributed by atoms with Crippen molar-refractivity contribution in [3.8, 4) is 0 Å². The SMILES string of the molecule is C[C@@H]1CC[C@H]2C(C)(C)[C@H]3C[C@@]12C[C@@H]1O[C@]13C. The Morgan fingerprint density at radius 2 is 1.75 bits per heavy atom. The van der Waals surface area contributed by atoms with Crippen molar-refractivity contribution in [3.05, 3.63) is 0 Å². The Bertz CT molecular complexity index is 356. The number of hydrogen-bond acceptors (Lipinski definition) is 1. The van der Waals surface area contributed by atoms with E-state index in [4.69, 9.17) is 4.74 Å². The van der Waals surface area contributed by atoms with E-state index in [0.29, 0.717) is 16.9 Å². The van der Waals surface area contributed by atoms with E-state index in [9.17, 15) is 0 Å². The number of ether oxygens (including phenoxy) is 1. The molecule has 16 heavy (non-hydrogen) atoms. The molecular formula is C15H24O. The average Bonchev–Trinajstić information content (AvgIpc) is 2.67. The zero-order valence-corrected chi connectivity index (χ0v) is 11.0. The van der Waals surface area contributed by atoms with E-state index in [0.717, 1.165) is 17.8 Å². The third kappa shape index (κ3) is 0.805. The molecule has 1 aliphatic heterocycles. The molecular weight excluding hydrogens is 196 g/mol. The van der Waals surface area contributed by atoms with Gasteiger partial charge in [-0.25, -0.2) is 0 Å². The van der Waals surface area contributed by atoms with Crippen LogP contribution in [0.15, 0.2) is 0 Å². The van der Waals surface area contributed by atoms with Crippen LogP contribution in [0.4, 0.5) is 0 Å². The van der Waals surface area contributed by atoms with E-state index in [2.05, 4.69) is 27.7 Å². The third-order valence-corrected chi connectivity index (χ3v) is 7.18. The van der Waals surface area contributed by atoms with Crippen molar-refractivity contribution >= 4 is 0 Å². The van der Waals surface area contributed by atoms with Crippen LogP contribution in [0.2, 0.25) is 0 Å². The molecule has 0 radical (unpaired) electrons. The summed E-state index contributed by atoms with van der Waals surface area (Å²) in [4.78, 5) is 0. The van der Waals surface area contributed by atoms with E-state index in [1.54, 1.807) is 0 Å². The van der Waals surface area contributed by atoms with Gasteiger partial charge in [0.05, 0.1) is 11.7 Å². The fourth-order valence-corrected chi connectivity index (χ4v) is 6.21. The van der Waals surface area contributed by atoms with Gasteiger partial charge in [-0.3, -0.25) is 0 Å². The van der Waals surface area contributed by atoms with Crippen LogP contribution < -0.4 is 0 Å². The highest BCUT2D eigenvalue weighted by Gasteiger charge is 2.76. The van der Waals surface area contributed by atoms with E-state index < -0.39 is 0 Å². The van der Waals surface area contributed by atoms with Gasteiger partial charge in [-0.15, -0.1) is 0 Å². The first-order valence-electron chi connectivity index (χ1n) is 7.09. The highest BCUT2D eigenvalue weighted by molar-refractivity contribution is 5.24. The molecule has 4 fully saturated rings. The van der Waals surface area contributed by atoms with Crippen molar-refractivity contribution < 1.29 is 4.74 Å². The summed E-state index contributed by atoms with van der Waals surface area (Å²) in [7, 11) is 0. The van der Waals surface area contributed by atoms with Gasteiger partial charge in [-0.2, -0.15) is 0 Å². The monoisotopic (exact) mass is 220 g/mol. The largest absolute Gasteiger partial charge is 0.366 e. The van der Waals surface area contributed by atoms with Gasteiger partial charge >= 0.3 is 0 Å². The lowest BCUT2D eigenvalue weighted by atomic mass is 9.66. The minimum absolute atomic E-state index is 0.263. The summed E-state index contributed by atoms with van der Waals surface area (Å²) in [5.74, 6) is 2.75. The van der Waals surface area contributed by atoms with E-state index in [-0.39, 0.29) is 5.60 Å². The molecule has 0 aromatic rings. The lowest BCUT2D eigenvalue weighted by Gasteiger charge is -2.37. The number of rotatable bonds is 0. The second-order valence-corrected chi connectivity index (χ2v) is 7.84. The second-order valence-electron chi connectivity index (χ2n) is 7.84. The Labute approximate surface area is 98.9 Å². The fourth-order valence-electron chi connectivity index (χ4n) is 6.21. The maximum atomic E-state index is 6.09. The molecule has 0 N–H and O–H groups in total. The minimum atomic E-state index is 0.263. The first kappa shape index (κ1) is 9.94. The Hall–Kier alpha value is -0.0400. The number of fused-ring (bicyclic) bond motifs is 3. The molecule has 1 heteroatoms. The van der Waals surface area contributed by atoms with Crippen LogP contribution in [0.3, 0.4) is 0 Å². The van der Waals surface area contributed by atoms with Gasteiger partial charge in [-0.1, -0.05) is 20.8 Å². The predicted molar refractivity (Wildman–Crippen MR) is 64.1 cm³/mol. The van der Waals surface area contributed by atoms with Crippen molar-refractivity contribution in [1.29, 1.82) is 0 Å². The smallest absolute Gasteiger partial charge is 0.0954 e. The van der Waals surface area contributed by atoms with E-state index in [1.807, 2.05) is 0 Å². The molecule has 1 saturated heterocycles. The number of epoxide rings is 1. The van der Waals surface area contributed by atoms with Crippen molar-refractivity contribution in [3.63, 3.8) is 0 Å². The molecule has 0 amide bonds. The van der Waals surface area contributed by atoms with Crippen molar-refractivity contribution in [2.24, 2.45) is 28.6 Å². The molecule has 0 aromatic carbocycles. The van der Waals surface area contributed by atoms with Crippen LogP contribution in [0, 0.1) is 28.6 Å². The third-order valence-electron chi connectivity index (χ3n) is 7.18. The highest BCUT2D eigenvalue weighted by atomic mass is 16.6. The summed E-state index contributed by atoms with van der Waals surface area (Å²) in [5, 5.41) is 0. The predicted octanol–water partition coefficient (Wildman–Crippen LogP) is 3.63. The summed E-state index contributed by atoms with van der Waals surface area (Å²) >= 11 is 0. The molecule has 4 aliphatic rings.